The van der Waals surface area contributed by atoms with Crippen LogP contribution >= 0.6 is 45.5 Å². The summed E-state index contributed by atoms with van der Waals surface area (Å²) in [5, 5.41) is 13.2. The van der Waals surface area contributed by atoms with E-state index in [9.17, 15) is 9.59 Å². The largest absolute Gasteiger partial charge is 0.481 e. The Kier molecular flexibility index (Phi) is 4.93. The Morgan fingerprint density at radius 2 is 2.08 bits per heavy atom. The van der Waals surface area contributed by atoms with E-state index in [1.807, 2.05) is 19.1 Å². The number of amides is 1. The number of fused-ring (bicyclic) bond motifs is 1. The van der Waals surface area contributed by atoms with Crippen molar-refractivity contribution in [2.45, 2.75) is 19.4 Å². The quantitative estimate of drug-likeness (QED) is 0.661. The van der Waals surface area contributed by atoms with Gasteiger partial charge in [0.1, 0.15) is 11.0 Å². The molecule has 0 saturated heterocycles. The predicted octanol–water partition coefficient (Wildman–Crippen LogP) is 3.95. The Morgan fingerprint density at radius 1 is 1.42 bits per heavy atom. The molecule has 0 fully saturated rings. The van der Waals surface area contributed by atoms with Crippen molar-refractivity contribution in [3.8, 4) is 0 Å². The number of rotatable bonds is 3. The van der Waals surface area contributed by atoms with Crippen LogP contribution in [-0.2, 0) is 9.59 Å². The number of nitrogens with one attached hydrogen (secondary N) is 1. The van der Waals surface area contributed by atoms with Crippen LogP contribution in [0.2, 0.25) is 5.02 Å². The van der Waals surface area contributed by atoms with Crippen LogP contribution in [0, 0.1) is 9.81 Å². The van der Waals surface area contributed by atoms with E-state index in [0.29, 0.717) is 15.7 Å². The highest BCUT2D eigenvalue weighted by Gasteiger charge is 2.30. The zero-order valence-electron chi connectivity index (χ0n) is 12.5. The maximum atomic E-state index is 12.4. The molecule has 0 unspecified atom stereocenters. The summed E-state index contributed by atoms with van der Waals surface area (Å²) in [5.74, 6) is -1.47. The predicted molar refractivity (Wildman–Crippen MR) is 104 cm³/mol. The number of carboxylic acids is 1. The highest BCUT2D eigenvalue weighted by atomic mass is 127. The van der Waals surface area contributed by atoms with Gasteiger partial charge in [-0.15, -0.1) is 11.3 Å². The first-order valence-electron chi connectivity index (χ1n) is 7.02. The van der Waals surface area contributed by atoms with Gasteiger partial charge in [0.05, 0.1) is 15.0 Å². The van der Waals surface area contributed by atoms with Gasteiger partial charge in [-0.3, -0.25) is 14.6 Å². The number of carbonyl (C=O) groups is 2. The summed E-state index contributed by atoms with van der Waals surface area (Å²) in [6.07, 6.45) is -0.353. The van der Waals surface area contributed by atoms with Crippen LogP contribution < -0.4 is 5.32 Å². The summed E-state index contributed by atoms with van der Waals surface area (Å²) in [6, 6.07) is 6.17. The van der Waals surface area contributed by atoms with Crippen LogP contribution in [0.25, 0.3) is 0 Å². The molecular formula is C16H12ClIN2O3S. The zero-order valence-corrected chi connectivity index (χ0v) is 16.2. The summed E-state index contributed by atoms with van der Waals surface area (Å²) in [6.45, 7) is 1.96. The molecule has 1 aliphatic heterocycles. The first-order valence-corrected chi connectivity index (χ1v) is 9.29. The number of hydrogen-bond donors (Lipinski definition) is 2. The fraction of sp³-hybridized carbons (Fsp3) is 0.188. The van der Waals surface area contributed by atoms with Crippen molar-refractivity contribution in [3.63, 3.8) is 0 Å². The average Bonchev–Trinajstić information content (AvgIpc) is 2.71. The maximum Gasteiger partial charge on any atom is 0.306 e. The molecule has 24 heavy (non-hydrogen) atoms. The molecule has 1 aromatic heterocycles. The second-order valence-electron chi connectivity index (χ2n) is 5.29. The third-order valence-corrected chi connectivity index (χ3v) is 6.35. The molecule has 2 aromatic rings. The van der Waals surface area contributed by atoms with Crippen LogP contribution in [0.3, 0.4) is 0 Å². The van der Waals surface area contributed by atoms with Crippen LogP contribution in [0.1, 0.15) is 23.1 Å². The lowest BCUT2D eigenvalue weighted by atomic mass is 10.0. The number of aliphatic imine (C=N–C) groups is 1. The van der Waals surface area contributed by atoms with Crippen molar-refractivity contribution in [2.75, 3.05) is 5.32 Å². The molecule has 0 radical (unpaired) electrons. The van der Waals surface area contributed by atoms with Crippen molar-refractivity contribution >= 4 is 68.1 Å². The number of benzene rings is 1. The molecule has 3 rings (SSSR count). The molecule has 0 bridgehead atoms. The summed E-state index contributed by atoms with van der Waals surface area (Å²) < 4.78 is 1.05. The number of anilines is 1. The zero-order chi connectivity index (χ0) is 17.4. The molecule has 1 aromatic carbocycles. The molecule has 1 amide bonds. The van der Waals surface area contributed by atoms with Gasteiger partial charge in [0.15, 0.2) is 0 Å². The first-order chi connectivity index (χ1) is 11.4. The van der Waals surface area contributed by atoms with Crippen LogP contribution in [-0.4, -0.2) is 28.7 Å². The molecule has 1 aliphatic rings. The molecule has 8 heteroatoms. The second kappa shape index (κ2) is 6.81. The van der Waals surface area contributed by atoms with Gasteiger partial charge < -0.3 is 10.4 Å². The highest BCUT2D eigenvalue weighted by Crippen LogP contribution is 2.37. The Morgan fingerprint density at radius 3 is 2.71 bits per heavy atom. The number of aliphatic carboxylic acids is 1. The minimum absolute atomic E-state index is 0.353. The van der Waals surface area contributed by atoms with E-state index >= 15 is 0 Å². The van der Waals surface area contributed by atoms with E-state index in [2.05, 4.69) is 32.9 Å². The summed E-state index contributed by atoms with van der Waals surface area (Å²) in [4.78, 5) is 27.9. The number of carboxylic acid groups (broad SMARTS) is 1. The molecule has 1 atom stereocenters. The lowest BCUT2D eigenvalue weighted by Gasteiger charge is -2.09. The van der Waals surface area contributed by atoms with Crippen molar-refractivity contribution in [1.29, 1.82) is 0 Å². The molecule has 124 valence electrons. The van der Waals surface area contributed by atoms with Gasteiger partial charge >= 0.3 is 5.97 Å². The minimum Gasteiger partial charge on any atom is -0.481 e. The van der Waals surface area contributed by atoms with E-state index in [0.717, 1.165) is 19.6 Å². The number of nitrogens with zero attached hydrogens (tertiary/aromatic N) is 1. The van der Waals surface area contributed by atoms with E-state index in [1.54, 1.807) is 12.1 Å². The minimum atomic E-state index is -1.06. The third kappa shape index (κ3) is 3.33. The van der Waals surface area contributed by atoms with E-state index in [1.165, 1.54) is 11.3 Å². The van der Waals surface area contributed by atoms with Crippen molar-refractivity contribution in [1.82, 2.24) is 0 Å². The van der Waals surface area contributed by atoms with Gasteiger partial charge in [-0.1, -0.05) is 23.7 Å². The Bertz CT molecular complexity index is 861. The fourth-order valence-corrected chi connectivity index (χ4v) is 4.46. The third-order valence-electron chi connectivity index (χ3n) is 3.64. The molecule has 0 aliphatic carbocycles. The molecule has 5 nitrogen and oxygen atoms in total. The summed E-state index contributed by atoms with van der Waals surface area (Å²) in [5.41, 5.74) is 3.27. The normalized spacial score (nSPS) is 16.9. The van der Waals surface area contributed by atoms with Crippen LogP contribution in [0.4, 0.5) is 5.00 Å². The standard InChI is InChI=1S/C16H12ClIN2O3S/c1-7-12-13(8-2-4-9(17)5-3-8)19-10(6-11(21)22)15(23)20-16(12)24-14(7)18/h2-5,10H,6H2,1H3,(H,20,23)(H,21,22)/t10-/m0/s1. The van der Waals surface area contributed by atoms with Gasteiger partial charge in [-0.05, 0) is 47.2 Å². The van der Waals surface area contributed by atoms with Crippen molar-refractivity contribution in [3.05, 3.63) is 48.9 Å². The Balaban J connectivity index is 2.20. The van der Waals surface area contributed by atoms with Gasteiger partial charge in [0.25, 0.3) is 0 Å². The number of thiophene rings is 1. The lowest BCUT2D eigenvalue weighted by Crippen LogP contribution is -2.27. The topological polar surface area (TPSA) is 78.8 Å². The van der Waals surface area contributed by atoms with Gasteiger partial charge in [-0.25, -0.2) is 0 Å². The number of hydrogen-bond acceptors (Lipinski definition) is 4. The second-order valence-corrected chi connectivity index (χ2v) is 8.56. The molecular weight excluding hydrogens is 463 g/mol. The Labute approximate surface area is 160 Å². The summed E-state index contributed by atoms with van der Waals surface area (Å²) in [7, 11) is 0. The molecule has 2 heterocycles. The van der Waals surface area contributed by atoms with E-state index in [-0.39, 0.29) is 6.42 Å². The molecule has 2 N–H and O–H groups in total. The van der Waals surface area contributed by atoms with Gasteiger partial charge in [-0.2, -0.15) is 0 Å². The molecule has 0 saturated carbocycles. The van der Waals surface area contributed by atoms with Gasteiger partial charge in [0.2, 0.25) is 5.91 Å². The first kappa shape index (κ1) is 17.4. The van der Waals surface area contributed by atoms with Crippen LogP contribution in [0.15, 0.2) is 29.3 Å². The SMILES string of the molecule is Cc1c(I)sc2c1C(c1ccc(Cl)cc1)=N[C@@H](CC(=O)O)C(=O)N2. The Hall–Kier alpha value is -1.45. The van der Waals surface area contributed by atoms with E-state index < -0.39 is 17.9 Å². The van der Waals surface area contributed by atoms with Crippen molar-refractivity contribution < 1.29 is 14.7 Å². The van der Waals surface area contributed by atoms with Crippen molar-refractivity contribution in [2.24, 2.45) is 4.99 Å². The van der Waals surface area contributed by atoms with Gasteiger partial charge in [0, 0.05) is 16.1 Å². The number of carbonyl (C=O) groups excluding carboxylic acids is 1. The average molecular weight is 475 g/mol. The monoisotopic (exact) mass is 474 g/mol. The number of halogens is 2. The fourth-order valence-electron chi connectivity index (χ4n) is 2.46. The summed E-state index contributed by atoms with van der Waals surface area (Å²) >= 11 is 9.63. The maximum absolute atomic E-state index is 12.4. The lowest BCUT2D eigenvalue weighted by molar-refractivity contribution is -0.138. The smallest absolute Gasteiger partial charge is 0.306 e. The molecule has 0 spiro atoms. The van der Waals surface area contributed by atoms with Crippen LogP contribution in [0.5, 0.6) is 0 Å². The van der Waals surface area contributed by atoms with E-state index in [4.69, 9.17) is 16.7 Å². The highest BCUT2D eigenvalue weighted by molar-refractivity contribution is 14.1.